The summed E-state index contributed by atoms with van der Waals surface area (Å²) in [6.07, 6.45) is 3.62. The topological polar surface area (TPSA) is 53.7 Å². The van der Waals surface area contributed by atoms with Gasteiger partial charge in [0, 0.05) is 41.3 Å². The van der Waals surface area contributed by atoms with Crippen molar-refractivity contribution in [3.05, 3.63) is 84.2 Å². The van der Waals surface area contributed by atoms with Crippen molar-refractivity contribution < 1.29 is 0 Å². The summed E-state index contributed by atoms with van der Waals surface area (Å²) in [5, 5.41) is 2.19. The number of hydrogen-bond donors (Lipinski definition) is 0. The molecular weight excluding hydrogens is 334 g/mol. The zero-order valence-corrected chi connectivity index (χ0v) is 14.9. The highest BCUT2D eigenvalue weighted by molar-refractivity contribution is 6.14. The van der Waals surface area contributed by atoms with Crippen LogP contribution < -0.4 is 0 Å². The Morgan fingerprint density at radius 1 is 0.778 bits per heavy atom. The lowest BCUT2D eigenvalue weighted by Crippen LogP contribution is -2.32. The highest BCUT2D eigenvalue weighted by atomic mass is 15.3. The zero-order chi connectivity index (χ0) is 18.2. The Morgan fingerprint density at radius 2 is 1.41 bits per heavy atom. The normalized spacial score (nSPS) is 14.3. The molecule has 130 valence electrons. The molecule has 0 aliphatic carbocycles. The monoisotopic (exact) mass is 351 g/mol. The number of pyridine rings is 2. The molecular formula is C22H17N5. The molecule has 0 atom stereocenters. The van der Waals surface area contributed by atoms with Crippen molar-refractivity contribution in [2.24, 2.45) is 9.98 Å². The van der Waals surface area contributed by atoms with Crippen LogP contribution in [0.25, 0.3) is 21.8 Å². The van der Waals surface area contributed by atoms with E-state index in [1.54, 1.807) is 6.20 Å². The molecule has 0 saturated heterocycles. The van der Waals surface area contributed by atoms with Crippen LogP contribution in [0, 0.1) is 0 Å². The Morgan fingerprint density at radius 3 is 2.11 bits per heavy atom. The Hall–Kier alpha value is -3.60. The van der Waals surface area contributed by atoms with Gasteiger partial charge in [-0.05, 0) is 48.5 Å². The molecule has 0 fully saturated rings. The molecule has 5 nitrogen and oxygen atoms in total. The molecule has 0 unspecified atom stereocenters. The fraction of sp³-hybridized carbons (Fsp3) is 0.0909. The van der Waals surface area contributed by atoms with E-state index in [1.165, 1.54) is 0 Å². The minimum Gasteiger partial charge on any atom is -0.340 e. The first-order chi connectivity index (χ1) is 13.3. The molecule has 0 amide bonds. The summed E-state index contributed by atoms with van der Waals surface area (Å²) in [4.78, 5) is 20.4. The van der Waals surface area contributed by atoms with Crippen LogP contribution in [-0.2, 0) is 0 Å². The second kappa shape index (κ2) is 6.29. The van der Waals surface area contributed by atoms with Gasteiger partial charge >= 0.3 is 0 Å². The van der Waals surface area contributed by atoms with Gasteiger partial charge in [0.2, 0.25) is 0 Å². The van der Waals surface area contributed by atoms with E-state index in [2.05, 4.69) is 50.2 Å². The molecule has 1 aliphatic heterocycles. The maximum atomic E-state index is 4.87. The van der Waals surface area contributed by atoms with Crippen molar-refractivity contribution in [3.63, 3.8) is 0 Å². The van der Waals surface area contributed by atoms with Crippen LogP contribution in [0.3, 0.4) is 0 Å². The lowest BCUT2D eigenvalue weighted by molar-refractivity contribution is 0.517. The first kappa shape index (κ1) is 15.6. The molecule has 3 heterocycles. The summed E-state index contributed by atoms with van der Waals surface area (Å²) in [5.41, 5.74) is 4.02. The lowest BCUT2D eigenvalue weighted by Gasteiger charge is -2.24. The minimum absolute atomic E-state index is 0.574. The Balaban J connectivity index is 1.58. The van der Waals surface area contributed by atoms with Crippen LogP contribution in [0.5, 0.6) is 0 Å². The smallest absolute Gasteiger partial charge is 0.158 e. The molecule has 5 heteroatoms. The summed E-state index contributed by atoms with van der Waals surface area (Å²) in [7, 11) is 2.01. The van der Waals surface area contributed by atoms with E-state index < -0.39 is 0 Å². The van der Waals surface area contributed by atoms with Crippen molar-refractivity contribution in [3.8, 4) is 0 Å². The molecule has 5 rings (SSSR count). The SMILES string of the molecule is CN1CN=C(c2ccc3ncccc3c2)N=C1c1ccc2ncccc2c1. The van der Waals surface area contributed by atoms with Crippen LogP contribution in [0.1, 0.15) is 11.1 Å². The number of hydrogen-bond acceptors (Lipinski definition) is 5. The van der Waals surface area contributed by atoms with Crippen molar-refractivity contribution in [2.75, 3.05) is 13.7 Å². The van der Waals surface area contributed by atoms with Crippen LogP contribution in [0.15, 0.2) is 83.0 Å². The first-order valence-electron chi connectivity index (χ1n) is 8.82. The average Bonchev–Trinajstić information content (AvgIpc) is 2.73. The number of rotatable bonds is 2. The van der Waals surface area contributed by atoms with Gasteiger partial charge in [0.25, 0.3) is 0 Å². The number of nitrogens with zero attached hydrogens (tertiary/aromatic N) is 5. The third-order valence-electron chi connectivity index (χ3n) is 4.73. The second-order valence-electron chi connectivity index (χ2n) is 6.58. The van der Waals surface area contributed by atoms with E-state index in [9.17, 15) is 0 Å². The molecule has 0 saturated carbocycles. The lowest BCUT2D eigenvalue weighted by atomic mass is 10.1. The molecule has 1 aliphatic rings. The number of benzene rings is 2. The van der Waals surface area contributed by atoms with E-state index in [0.717, 1.165) is 44.6 Å². The number of aromatic nitrogens is 2. The van der Waals surface area contributed by atoms with E-state index >= 15 is 0 Å². The summed E-state index contributed by atoms with van der Waals surface area (Å²) in [6.45, 7) is 0.574. The van der Waals surface area contributed by atoms with Crippen molar-refractivity contribution in [2.45, 2.75) is 0 Å². The third kappa shape index (κ3) is 2.83. The largest absolute Gasteiger partial charge is 0.340 e. The fourth-order valence-corrected chi connectivity index (χ4v) is 3.33. The molecule has 0 spiro atoms. The van der Waals surface area contributed by atoms with Crippen molar-refractivity contribution in [1.29, 1.82) is 0 Å². The maximum Gasteiger partial charge on any atom is 0.158 e. The standard InChI is InChI=1S/C22H17N5/c1-27-14-25-21(17-6-8-19-15(12-17)4-2-10-23-19)26-22(27)18-7-9-20-16(13-18)5-3-11-24-20/h2-13H,14H2,1H3. The third-order valence-corrected chi connectivity index (χ3v) is 4.73. The van der Waals surface area contributed by atoms with E-state index in [-0.39, 0.29) is 0 Å². The van der Waals surface area contributed by atoms with E-state index in [0.29, 0.717) is 6.67 Å². The molecule has 2 aromatic carbocycles. The number of fused-ring (bicyclic) bond motifs is 2. The summed E-state index contributed by atoms with van der Waals surface area (Å²) in [5.74, 6) is 1.66. The average molecular weight is 351 g/mol. The molecule has 0 N–H and O–H groups in total. The molecule has 4 aromatic rings. The van der Waals surface area contributed by atoms with Gasteiger partial charge in [0.05, 0.1) is 11.0 Å². The Labute approximate surface area is 156 Å². The van der Waals surface area contributed by atoms with Gasteiger partial charge in [0.1, 0.15) is 12.5 Å². The number of amidine groups is 2. The highest BCUT2D eigenvalue weighted by Crippen LogP contribution is 2.20. The summed E-state index contributed by atoms with van der Waals surface area (Å²) < 4.78 is 0. The minimum atomic E-state index is 0.574. The van der Waals surface area contributed by atoms with Crippen LogP contribution in [-0.4, -0.2) is 40.3 Å². The highest BCUT2D eigenvalue weighted by Gasteiger charge is 2.17. The van der Waals surface area contributed by atoms with Gasteiger partial charge in [0.15, 0.2) is 5.84 Å². The number of aliphatic imine (C=N–C) groups is 2. The van der Waals surface area contributed by atoms with Crippen LogP contribution >= 0.6 is 0 Å². The van der Waals surface area contributed by atoms with Gasteiger partial charge in [-0.2, -0.15) is 0 Å². The van der Waals surface area contributed by atoms with Crippen molar-refractivity contribution >= 4 is 33.5 Å². The van der Waals surface area contributed by atoms with Gasteiger partial charge in [-0.15, -0.1) is 0 Å². The predicted octanol–water partition coefficient (Wildman–Crippen LogP) is 3.88. The van der Waals surface area contributed by atoms with Gasteiger partial charge in [-0.3, -0.25) is 9.97 Å². The molecule has 2 aromatic heterocycles. The quantitative estimate of drug-likeness (QED) is 0.551. The van der Waals surface area contributed by atoms with Gasteiger partial charge < -0.3 is 4.90 Å². The predicted molar refractivity (Wildman–Crippen MR) is 109 cm³/mol. The Kier molecular flexibility index (Phi) is 3.64. The van der Waals surface area contributed by atoms with E-state index in [1.807, 2.05) is 43.6 Å². The fourth-order valence-electron chi connectivity index (χ4n) is 3.33. The van der Waals surface area contributed by atoms with Crippen molar-refractivity contribution in [1.82, 2.24) is 14.9 Å². The Bertz CT molecular complexity index is 1230. The van der Waals surface area contributed by atoms with E-state index in [4.69, 9.17) is 4.99 Å². The van der Waals surface area contributed by atoms with Crippen LogP contribution in [0.2, 0.25) is 0 Å². The van der Waals surface area contributed by atoms with Gasteiger partial charge in [-0.25, -0.2) is 9.98 Å². The van der Waals surface area contributed by atoms with Gasteiger partial charge in [-0.1, -0.05) is 12.1 Å². The molecule has 27 heavy (non-hydrogen) atoms. The van der Waals surface area contributed by atoms with Crippen LogP contribution in [0.4, 0.5) is 0 Å². The maximum absolute atomic E-state index is 4.87. The molecule has 0 radical (unpaired) electrons. The first-order valence-corrected chi connectivity index (χ1v) is 8.82. The summed E-state index contributed by atoms with van der Waals surface area (Å²) >= 11 is 0. The second-order valence-corrected chi connectivity index (χ2v) is 6.58. The molecule has 0 bridgehead atoms. The zero-order valence-electron chi connectivity index (χ0n) is 14.9. The summed E-state index contributed by atoms with van der Waals surface area (Å²) in [6, 6.07) is 20.4.